The molecule has 0 amide bonds. The Kier molecular flexibility index (Phi) is 6.23. The van der Waals surface area contributed by atoms with E-state index in [-0.39, 0.29) is 12.8 Å². The van der Waals surface area contributed by atoms with Gasteiger partial charge in [0.2, 0.25) is 0 Å². The molecule has 5 heteroatoms. The molecule has 5 N–H and O–H groups in total. The van der Waals surface area contributed by atoms with Crippen LogP contribution in [0.2, 0.25) is 0 Å². The molecule has 12 heavy (non-hydrogen) atoms. The molecule has 0 fully saturated rings. The Morgan fingerprint density at radius 2 is 1.00 bits per heavy atom. The first kappa shape index (κ1) is 11.8. The highest BCUT2D eigenvalue weighted by Gasteiger charge is 2.14. The molecule has 0 aromatic rings. The number of rotatable bonds is 6. The van der Waals surface area contributed by atoms with Crippen molar-refractivity contribution < 1.29 is 25.5 Å². The van der Waals surface area contributed by atoms with E-state index in [4.69, 9.17) is 25.5 Å². The van der Waals surface area contributed by atoms with Crippen LogP contribution in [0.15, 0.2) is 0 Å². The second-order valence-corrected chi connectivity index (χ2v) is 2.80. The normalized spacial score (nSPS) is 16.5. The van der Waals surface area contributed by atoms with Crippen molar-refractivity contribution in [2.75, 3.05) is 13.2 Å². The number of aliphatic hydroxyl groups is 5. The Labute approximate surface area is 70.9 Å². The predicted molar refractivity (Wildman–Crippen MR) is 41.4 cm³/mol. The first-order valence-corrected chi connectivity index (χ1v) is 3.86. The van der Waals surface area contributed by atoms with Gasteiger partial charge in [0.15, 0.2) is 0 Å². The van der Waals surface area contributed by atoms with E-state index in [1.807, 2.05) is 0 Å². The van der Waals surface area contributed by atoms with Gasteiger partial charge in [-0.05, 0) is 0 Å². The summed E-state index contributed by atoms with van der Waals surface area (Å²) in [5.41, 5.74) is 0. The molecule has 74 valence electrons. The fraction of sp³-hybridized carbons (Fsp3) is 1.00. The second-order valence-electron chi connectivity index (χ2n) is 2.80. The van der Waals surface area contributed by atoms with Gasteiger partial charge in [0, 0.05) is 12.8 Å². The van der Waals surface area contributed by atoms with E-state index >= 15 is 0 Å². The standard InChI is InChI=1S/C7H16O5/c8-3-6(11)1-5(10)2-7(12)4-9/h5-12H,1-4H2/t6-,7-/m0/s1. The van der Waals surface area contributed by atoms with Crippen LogP contribution in [0.25, 0.3) is 0 Å². The lowest BCUT2D eigenvalue weighted by molar-refractivity contribution is 0.00508. The number of aliphatic hydroxyl groups excluding tert-OH is 5. The molecule has 0 aromatic carbocycles. The molecule has 0 radical (unpaired) electrons. The average Bonchev–Trinajstić information content (AvgIpc) is 2.03. The van der Waals surface area contributed by atoms with Crippen molar-refractivity contribution in [1.82, 2.24) is 0 Å². The van der Waals surface area contributed by atoms with Crippen LogP contribution in [0.3, 0.4) is 0 Å². The summed E-state index contributed by atoms with van der Waals surface area (Å²) < 4.78 is 0. The van der Waals surface area contributed by atoms with Crippen LogP contribution in [0.4, 0.5) is 0 Å². The van der Waals surface area contributed by atoms with Gasteiger partial charge in [0.05, 0.1) is 31.5 Å². The Bertz CT molecular complexity index is 96.0. The molecule has 0 heterocycles. The molecule has 0 aliphatic heterocycles. The predicted octanol–water partition coefficient (Wildman–Crippen LogP) is -2.17. The highest BCUT2D eigenvalue weighted by molar-refractivity contribution is 4.66. The fourth-order valence-electron chi connectivity index (χ4n) is 0.873. The Morgan fingerprint density at radius 3 is 1.25 bits per heavy atom. The first-order chi connectivity index (χ1) is 5.60. The fourth-order valence-corrected chi connectivity index (χ4v) is 0.873. The van der Waals surface area contributed by atoms with E-state index in [0.29, 0.717) is 0 Å². The summed E-state index contributed by atoms with van der Waals surface area (Å²) in [4.78, 5) is 0. The summed E-state index contributed by atoms with van der Waals surface area (Å²) in [6.07, 6.45) is -2.81. The minimum absolute atomic E-state index is 0.00750. The van der Waals surface area contributed by atoms with Crippen molar-refractivity contribution >= 4 is 0 Å². The smallest absolute Gasteiger partial charge is 0.0795 e. The molecule has 0 rings (SSSR count). The lowest BCUT2D eigenvalue weighted by atomic mass is 10.1. The lowest BCUT2D eigenvalue weighted by Crippen LogP contribution is -2.26. The monoisotopic (exact) mass is 180 g/mol. The molecule has 5 nitrogen and oxygen atoms in total. The van der Waals surface area contributed by atoms with Crippen LogP contribution >= 0.6 is 0 Å². The quantitative estimate of drug-likeness (QED) is 0.320. The topological polar surface area (TPSA) is 101 Å². The molecule has 0 unspecified atom stereocenters. The van der Waals surface area contributed by atoms with E-state index < -0.39 is 31.5 Å². The molecule has 0 aromatic heterocycles. The second kappa shape index (κ2) is 6.33. The van der Waals surface area contributed by atoms with Crippen molar-refractivity contribution in [3.8, 4) is 0 Å². The van der Waals surface area contributed by atoms with Crippen LogP contribution in [0.1, 0.15) is 12.8 Å². The van der Waals surface area contributed by atoms with Gasteiger partial charge in [-0.3, -0.25) is 0 Å². The lowest BCUT2D eigenvalue weighted by Gasteiger charge is -2.15. The van der Waals surface area contributed by atoms with E-state index in [9.17, 15) is 0 Å². The summed E-state index contributed by atoms with van der Waals surface area (Å²) in [6, 6.07) is 0. The van der Waals surface area contributed by atoms with Crippen LogP contribution in [0, 0.1) is 0 Å². The molecule has 0 aliphatic carbocycles. The van der Waals surface area contributed by atoms with Crippen LogP contribution in [-0.4, -0.2) is 57.1 Å². The van der Waals surface area contributed by atoms with Crippen molar-refractivity contribution in [2.45, 2.75) is 31.2 Å². The number of hydrogen-bond donors (Lipinski definition) is 5. The minimum Gasteiger partial charge on any atom is -0.394 e. The average molecular weight is 180 g/mol. The van der Waals surface area contributed by atoms with E-state index in [1.54, 1.807) is 0 Å². The molecule has 0 spiro atoms. The first-order valence-electron chi connectivity index (χ1n) is 3.86. The van der Waals surface area contributed by atoms with Crippen LogP contribution in [0.5, 0.6) is 0 Å². The third-order valence-electron chi connectivity index (χ3n) is 1.51. The molecule has 0 saturated carbocycles. The van der Waals surface area contributed by atoms with Crippen molar-refractivity contribution in [3.05, 3.63) is 0 Å². The highest BCUT2D eigenvalue weighted by atomic mass is 16.3. The molecule has 0 bridgehead atoms. The highest BCUT2D eigenvalue weighted by Crippen LogP contribution is 2.04. The maximum Gasteiger partial charge on any atom is 0.0795 e. The van der Waals surface area contributed by atoms with Gasteiger partial charge in [0.25, 0.3) is 0 Å². The molecule has 0 saturated heterocycles. The minimum atomic E-state index is -0.967. The van der Waals surface area contributed by atoms with Crippen LogP contribution in [-0.2, 0) is 0 Å². The van der Waals surface area contributed by atoms with Gasteiger partial charge < -0.3 is 25.5 Å². The SMILES string of the molecule is OC[C@@H](O)CC(O)C[C@H](O)CO. The maximum absolute atomic E-state index is 9.11. The Morgan fingerprint density at radius 1 is 0.667 bits per heavy atom. The van der Waals surface area contributed by atoms with Gasteiger partial charge in [-0.15, -0.1) is 0 Å². The van der Waals surface area contributed by atoms with E-state index in [1.165, 1.54) is 0 Å². The van der Waals surface area contributed by atoms with E-state index in [0.717, 1.165) is 0 Å². The molecular weight excluding hydrogens is 164 g/mol. The summed E-state index contributed by atoms with van der Waals surface area (Å²) in [5, 5.41) is 43.6. The summed E-state index contributed by atoms with van der Waals surface area (Å²) >= 11 is 0. The molecular formula is C7H16O5. The summed E-state index contributed by atoms with van der Waals surface area (Å²) in [5.74, 6) is 0. The van der Waals surface area contributed by atoms with Crippen molar-refractivity contribution in [3.63, 3.8) is 0 Å². The summed E-state index contributed by atoms with van der Waals surface area (Å²) in [7, 11) is 0. The Hall–Kier alpha value is -0.200. The molecule has 0 aliphatic rings. The van der Waals surface area contributed by atoms with Crippen molar-refractivity contribution in [1.29, 1.82) is 0 Å². The zero-order chi connectivity index (χ0) is 9.56. The van der Waals surface area contributed by atoms with Crippen LogP contribution < -0.4 is 0 Å². The maximum atomic E-state index is 9.11. The van der Waals surface area contributed by atoms with Gasteiger partial charge >= 0.3 is 0 Å². The third-order valence-corrected chi connectivity index (χ3v) is 1.51. The van der Waals surface area contributed by atoms with Gasteiger partial charge in [0.1, 0.15) is 0 Å². The summed E-state index contributed by atoms with van der Waals surface area (Å²) in [6.45, 7) is -0.821. The zero-order valence-electron chi connectivity index (χ0n) is 6.80. The zero-order valence-corrected chi connectivity index (χ0v) is 6.80. The van der Waals surface area contributed by atoms with Gasteiger partial charge in [-0.25, -0.2) is 0 Å². The van der Waals surface area contributed by atoms with E-state index in [2.05, 4.69) is 0 Å². The van der Waals surface area contributed by atoms with Gasteiger partial charge in [-0.2, -0.15) is 0 Å². The Balaban J connectivity index is 3.51. The molecule has 2 atom stereocenters. The number of hydrogen-bond acceptors (Lipinski definition) is 5. The third kappa shape index (κ3) is 5.45. The largest absolute Gasteiger partial charge is 0.394 e. The van der Waals surface area contributed by atoms with Gasteiger partial charge in [-0.1, -0.05) is 0 Å². The van der Waals surface area contributed by atoms with Crippen molar-refractivity contribution in [2.24, 2.45) is 0 Å².